The van der Waals surface area contributed by atoms with Gasteiger partial charge in [-0.05, 0) is 25.7 Å². The van der Waals surface area contributed by atoms with Crippen LogP contribution in [0.15, 0.2) is 30.3 Å². The molecule has 1 heterocycles. The molecule has 0 radical (unpaired) electrons. The van der Waals surface area contributed by atoms with Crippen molar-refractivity contribution < 1.29 is 13.2 Å². The van der Waals surface area contributed by atoms with Gasteiger partial charge in [-0.25, -0.2) is 9.97 Å². The lowest BCUT2D eigenvalue weighted by molar-refractivity contribution is -0.142. The highest BCUT2D eigenvalue weighted by molar-refractivity contribution is 5.56. The molecule has 1 aromatic carbocycles. The van der Waals surface area contributed by atoms with Crippen LogP contribution in [0.1, 0.15) is 29.8 Å². The van der Waals surface area contributed by atoms with Gasteiger partial charge in [0.1, 0.15) is 0 Å². The number of hydrogen-bond donors (Lipinski definition) is 0. The van der Waals surface area contributed by atoms with Crippen molar-refractivity contribution in [2.45, 2.75) is 31.9 Å². The maximum Gasteiger partial charge on any atom is 0.433 e. The van der Waals surface area contributed by atoms with Crippen LogP contribution < -0.4 is 0 Å². The molecule has 0 aliphatic heterocycles. The Bertz CT molecular complexity index is 621. The van der Waals surface area contributed by atoms with Gasteiger partial charge in [-0.15, -0.1) is 0 Å². The molecule has 0 N–H and O–H groups in total. The smallest absolute Gasteiger partial charge is 0.233 e. The molecule has 1 aliphatic carbocycles. The molecule has 0 amide bonds. The molecule has 0 fully saturated rings. The number of fused-ring (bicyclic) bond motifs is 1. The van der Waals surface area contributed by atoms with Gasteiger partial charge >= 0.3 is 6.18 Å². The topological polar surface area (TPSA) is 25.8 Å². The molecule has 1 aliphatic rings. The molecule has 0 saturated carbocycles. The zero-order valence-electron chi connectivity index (χ0n) is 10.7. The van der Waals surface area contributed by atoms with Gasteiger partial charge in [0.25, 0.3) is 0 Å². The monoisotopic (exact) mass is 278 g/mol. The van der Waals surface area contributed by atoms with Gasteiger partial charge in [0.2, 0.25) is 0 Å². The first-order valence-corrected chi connectivity index (χ1v) is 6.58. The fraction of sp³-hybridized carbons (Fsp3) is 0.333. The van der Waals surface area contributed by atoms with Crippen LogP contribution in [0, 0.1) is 0 Å². The number of nitrogens with zero attached hydrogens (tertiary/aromatic N) is 2. The molecule has 104 valence electrons. The number of aryl methyl sites for hydroxylation is 1. The standard InChI is InChI=1S/C15H13F3N2/c16-15(17,18)13-11-8-4-5-9-12(11)19-14(20-13)10-6-2-1-3-7-10/h1-3,6-7H,4-5,8-9H2. The lowest BCUT2D eigenvalue weighted by atomic mass is 9.94. The zero-order chi connectivity index (χ0) is 14.2. The Morgan fingerprint density at radius 2 is 1.60 bits per heavy atom. The van der Waals surface area contributed by atoms with E-state index in [9.17, 15) is 13.2 Å². The third-order valence-electron chi connectivity index (χ3n) is 3.48. The summed E-state index contributed by atoms with van der Waals surface area (Å²) in [6.07, 6.45) is -1.76. The minimum absolute atomic E-state index is 0.165. The molecular weight excluding hydrogens is 265 g/mol. The van der Waals surface area contributed by atoms with E-state index in [1.54, 1.807) is 24.3 Å². The summed E-state index contributed by atoms with van der Waals surface area (Å²) in [7, 11) is 0. The van der Waals surface area contributed by atoms with E-state index < -0.39 is 11.9 Å². The highest BCUT2D eigenvalue weighted by Gasteiger charge is 2.37. The van der Waals surface area contributed by atoms with Gasteiger partial charge in [0.05, 0.1) is 0 Å². The Morgan fingerprint density at radius 1 is 0.900 bits per heavy atom. The van der Waals surface area contributed by atoms with Crippen molar-refractivity contribution in [3.8, 4) is 11.4 Å². The third-order valence-corrected chi connectivity index (χ3v) is 3.48. The van der Waals surface area contributed by atoms with Crippen molar-refractivity contribution in [2.24, 2.45) is 0 Å². The first kappa shape index (κ1) is 13.1. The Kier molecular flexibility index (Phi) is 3.20. The summed E-state index contributed by atoms with van der Waals surface area (Å²) in [5, 5.41) is 0. The average molecular weight is 278 g/mol. The van der Waals surface area contributed by atoms with Gasteiger partial charge in [-0.1, -0.05) is 30.3 Å². The zero-order valence-corrected chi connectivity index (χ0v) is 10.7. The minimum atomic E-state index is -4.42. The van der Waals surface area contributed by atoms with Crippen molar-refractivity contribution in [3.63, 3.8) is 0 Å². The second-order valence-corrected chi connectivity index (χ2v) is 4.89. The molecule has 20 heavy (non-hydrogen) atoms. The van der Waals surface area contributed by atoms with E-state index in [2.05, 4.69) is 9.97 Å². The first-order valence-electron chi connectivity index (χ1n) is 6.58. The molecule has 2 aromatic rings. The molecule has 0 spiro atoms. The number of aromatic nitrogens is 2. The van der Waals surface area contributed by atoms with E-state index in [1.807, 2.05) is 6.07 Å². The molecular formula is C15H13F3N2. The third kappa shape index (κ3) is 2.40. The van der Waals surface area contributed by atoms with Crippen LogP contribution in [0.2, 0.25) is 0 Å². The SMILES string of the molecule is FC(F)(F)c1nc(-c2ccccc2)nc2c1CCCC2. The lowest BCUT2D eigenvalue weighted by Gasteiger charge is -2.20. The van der Waals surface area contributed by atoms with Gasteiger partial charge in [0.15, 0.2) is 11.5 Å². The van der Waals surface area contributed by atoms with Crippen LogP contribution in [-0.4, -0.2) is 9.97 Å². The van der Waals surface area contributed by atoms with Crippen LogP contribution in [0.5, 0.6) is 0 Å². The number of hydrogen-bond acceptors (Lipinski definition) is 2. The number of rotatable bonds is 1. The molecule has 2 nitrogen and oxygen atoms in total. The second kappa shape index (κ2) is 4.89. The van der Waals surface area contributed by atoms with Crippen molar-refractivity contribution in [1.82, 2.24) is 9.97 Å². The minimum Gasteiger partial charge on any atom is -0.233 e. The highest BCUT2D eigenvalue weighted by atomic mass is 19.4. The largest absolute Gasteiger partial charge is 0.433 e. The fourth-order valence-corrected chi connectivity index (χ4v) is 2.54. The van der Waals surface area contributed by atoms with Crippen LogP contribution in [0.4, 0.5) is 13.2 Å². The van der Waals surface area contributed by atoms with Gasteiger partial charge in [-0.3, -0.25) is 0 Å². The summed E-state index contributed by atoms with van der Waals surface area (Å²) in [5.41, 5.74) is 0.688. The fourth-order valence-electron chi connectivity index (χ4n) is 2.54. The molecule has 0 saturated heterocycles. The van der Waals surface area contributed by atoms with Crippen molar-refractivity contribution in [2.75, 3.05) is 0 Å². The summed E-state index contributed by atoms with van der Waals surface area (Å²) >= 11 is 0. The van der Waals surface area contributed by atoms with E-state index >= 15 is 0 Å². The highest BCUT2D eigenvalue weighted by Crippen LogP contribution is 2.35. The lowest BCUT2D eigenvalue weighted by Crippen LogP contribution is -2.19. The number of alkyl halides is 3. The van der Waals surface area contributed by atoms with Crippen molar-refractivity contribution in [3.05, 3.63) is 47.3 Å². The Balaban J connectivity index is 2.19. The quantitative estimate of drug-likeness (QED) is 0.786. The van der Waals surface area contributed by atoms with Gasteiger partial charge in [-0.2, -0.15) is 13.2 Å². The maximum atomic E-state index is 13.2. The first-order chi connectivity index (χ1) is 9.55. The summed E-state index contributed by atoms with van der Waals surface area (Å²) in [5.74, 6) is 0.165. The van der Waals surface area contributed by atoms with Gasteiger partial charge < -0.3 is 0 Å². The maximum absolute atomic E-state index is 13.2. The second-order valence-electron chi connectivity index (χ2n) is 4.89. The van der Waals surface area contributed by atoms with Crippen LogP contribution in [-0.2, 0) is 19.0 Å². The normalized spacial score (nSPS) is 14.9. The van der Waals surface area contributed by atoms with E-state index in [-0.39, 0.29) is 11.4 Å². The van der Waals surface area contributed by atoms with Gasteiger partial charge in [0, 0.05) is 16.8 Å². The molecule has 0 atom stereocenters. The van der Waals surface area contributed by atoms with Crippen LogP contribution in [0.25, 0.3) is 11.4 Å². The summed E-state index contributed by atoms with van der Waals surface area (Å²) in [6, 6.07) is 8.80. The Hall–Kier alpha value is -1.91. The summed E-state index contributed by atoms with van der Waals surface area (Å²) < 4.78 is 39.5. The molecule has 5 heteroatoms. The number of benzene rings is 1. The van der Waals surface area contributed by atoms with E-state index in [0.717, 1.165) is 12.8 Å². The Morgan fingerprint density at radius 3 is 2.30 bits per heavy atom. The summed E-state index contributed by atoms with van der Waals surface area (Å²) in [4.78, 5) is 8.14. The predicted octanol–water partition coefficient (Wildman–Crippen LogP) is 4.04. The van der Waals surface area contributed by atoms with E-state index in [1.165, 1.54) is 0 Å². The predicted molar refractivity (Wildman–Crippen MR) is 69.1 cm³/mol. The van der Waals surface area contributed by atoms with Crippen LogP contribution in [0.3, 0.4) is 0 Å². The molecule has 0 bridgehead atoms. The van der Waals surface area contributed by atoms with Crippen LogP contribution >= 0.6 is 0 Å². The number of halogens is 3. The summed E-state index contributed by atoms with van der Waals surface area (Å²) in [6.45, 7) is 0. The van der Waals surface area contributed by atoms with Crippen molar-refractivity contribution in [1.29, 1.82) is 0 Å². The molecule has 3 rings (SSSR count). The Labute approximate surface area is 114 Å². The van der Waals surface area contributed by atoms with Crippen molar-refractivity contribution >= 4 is 0 Å². The van der Waals surface area contributed by atoms with E-state index in [4.69, 9.17) is 0 Å². The molecule has 0 unspecified atom stereocenters. The molecule has 1 aromatic heterocycles. The van der Waals surface area contributed by atoms with E-state index in [0.29, 0.717) is 24.1 Å². The average Bonchev–Trinajstić information content (AvgIpc) is 2.46.